The number of aromatic nitrogens is 2. The van der Waals surface area contributed by atoms with E-state index in [0.717, 1.165) is 25.3 Å². The van der Waals surface area contributed by atoms with Crippen molar-refractivity contribution in [2.45, 2.75) is 40.3 Å². The third kappa shape index (κ3) is 4.33. The first-order chi connectivity index (χ1) is 7.57. The molecule has 0 saturated heterocycles. The molecule has 3 N–H and O–H groups in total. The Morgan fingerprint density at radius 3 is 2.88 bits per heavy atom. The molecule has 0 radical (unpaired) electrons. The molecule has 4 nitrogen and oxygen atoms in total. The van der Waals surface area contributed by atoms with Crippen LogP contribution in [0.3, 0.4) is 0 Å². The molecule has 1 aromatic heterocycles. The lowest BCUT2D eigenvalue weighted by atomic mass is 9.90. The van der Waals surface area contributed by atoms with Crippen LogP contribution in [0.4, 0.5) is 0 Å². The Bertz CT molecular complexity index is 304. The zero-order valence-corrected chi connectivity index (χ0v) is 10.7. The molecule has 0 aliphatic heterocycles. The number of nitrogens with one attached hydrogen (secondary N) is 1. The fourth-order valence-electron chi connectivity index (χ4n) is 1.42. The van der Waals surface area contributed by atoms with Crippen molar-refractivity contribution in [1.29, 1.82) is 0 Å². The van der Waals surface area contributed by atoms with Crippen molar-refractivity contribution in [3.05, 3.63) is 18.2 Å². The fraction of sp³-hybridized carbons (Fsp3) is 0.750. The molecule has 1 aromatic rings. The molecule has 0 saturated carbocycles. The topological polar surface area (TPSA) is 55.9 Å². The minimum absolute atomic E-state index is 0.361. The monoisotopic (exact) mass is 224 g/mol. The molecule has 0 atom stereocenters. The molecule has 92 valence electrons. The summed E-state index contributed by atoms with van der Waals surface area (Å²) in [5.41, 5.74) is 6.93. The van der Waals surface area contributed by atoms with Crippen LogP contribution in [0.5, 0.6) is 0 Å². The second-order valence-electron chi connectivity index (χ2n) is 5.01. The van der Waals surface area contributed by atoms with E-state index in [2.05, 4.69) is 37.3 Å². The van der Waals surface area contributed by atoms with Gasteiger partial charge >= 0.3 is 0 Å². The normalized spacial score (nSPS) is 12.0. The largest absolute Gasteiger partial charge is 0.336 e. The smallest absolute Gasteiger partial charge is 0.0950 e. The highest BCUT2D eigenvalue weighted by molar-refractivity contribution is 4.96. The highest BCUT2D eigenvalue weighted by Crippen LogP contribution is 2.17. The molecular formula is C12H24N4. The van der Waals surface area contributed by atoms with E-state index in [0.29, 0.717) is 12.0 Å². The molecule has 0 aliphatic carbocycles. The van der Waals surface area contributed by atoms with Crippen LogP contribution in [-0.2, 0) is 13.1 Å². The molecule has 1 heterocycles. The first-order valence-corrected chi connectivity index (χ1v) is 5.99. The molecule has 4 heteroatoms. The number of hydrogen-bond acceptors (Lipinski definition) is 3. The summed E-state index contributed by atoms with van der Waals surface area (Å²) in [4.78, 5) is 4.33. The van der Waals surface area contributed by atoms with Gasteiger partial charge < -0.3 is 15.6 Å². The van der Waals surface area contributed by atoms with Gasteiger partial charge in [-0.2, -0.15) is 0 Å². The molecule has 0 aromatic carbocycles. The van der Waals surface area contributed by atoms with Crippen LogP contribution in [0.2, 0.25) is 0 Å². The summed E-state index contributed by atoms with van der Waals surface area (Å²) in [5, 5.41) is 3.44. The van der Waals surface area contributed by atoms with Gasteiger partial charge in [-0.05, 0) is 11.8 Å². The Morgan fingerprint density at radius 2 is 2.25 bits per heavy atom. The van der Waals surface area contributed by atoms with Crippen LogP contribution < -0.4 is 11.1 Å². The van der Waals surface area contributed by atoms with Gasteiger partial charge in [0.1, 0.15) is 0 Å². The maximum absolute atomic E-state index is 5.48. The van der Waals surface area contributed by atoms with Gasteiger partial charge in [0.2, 0.25) is 0 Å². The molecular weight excluding hydrogens is 200 g/mol. The van der Waals surface area contributed by atoms with Crippen LogP contribution >= 0.6 is 0 Å². The van der Waals surface area contributed by atoms with E-state index >= 15 is 0 Å². The maximum atomic E-state index is 5.48. The summed E-state index contributed by atoms with van der Waals surface area (Å²) in [6.45, 7) is 10.1. The van der Waals surface area contributed by atoms with Gasteiger partial charge in [-0.15, -0.1) is 0 Å². The van der Waals surface area contributed by atoms with E-state index in [4.69, 9.17) is 5.73 Å². The quantitative estimate of drug-likeness (QED) is 0.735. The molecule has 16 heavy (non-hydrogen) atoms. The van der Waals surface area contributed by atoms with Crippen LogP contribution in [0.25, 0.3) is 0 Å². The predicted molar refractivity (Wildman–Crippen MR) is 67.1 cm³/mol. The number of imidazole rings is 1. The van der Waals surface area contributed by atoms with E-state index in [1.807, 2.05) is 10.9 Å². The van der Waals surface area contributed by atoms with Crippen molar-refractivity contribution >= 4 is 0 Å². The summed E-state index contributed by atoms with van der Waals surface area (Å²) in [6, 6.07) is 0. The Balaban J connectivity index is 2.31. The third-order valence-corrected chi connectivity index (χ3v) is 2.94. The molecule has 0 aliphatic rings. The Labute approximate surface area is 98.2 Å². The highest BCUT2D eigenvalue weighted by atomic mass is 15.0. The Hall–Kier alpha value is -0.870. The lowest BCUT2D eigenvalue weighted by Gasteiger charge is -2.22. The summed E-state index contributed by atoms with van der Waals surface area (Å²) in [7, 11) is 0. The van der Waals surface area contributed by atoms with Gasteiger partial charge in [-0.25, -0.2) is 4.98 Å². The van der Waals surface area contributed by atoms with Crippen LogP contribution in [0.1, 0.15) is 32.9 Å². The second kappa shape index (κ2) is 6.01. The second-order valence-corrected chi connectivity index (χ2v) is 5.01. The molecule has 0 amide bonds. The van der Waals surface area contributed by atoms with Gasteiger partial charge in [0.15, 0.2) is 0 Å². The van der Waals surface area contributed by atoms with Gasteiger partial charge in [0, 0.05) is 32.4 Å². The first kappa shape index (κ1) is 13.2. The average Bonchev–Trinajstić information content (AvgIpc) is 2.66. The Morgan fingerprint density at radius 1 is 1.50 bits per heavy atom. The van der Waals surface area contributed by atoms with Gasteiger partial charge in [0.25, 0.3) is 0 Å². The SMILES string of the molecule is CCC(C)(C)CNCc1cn(CCN)cn1. The van der Waals surface area contributed by atoms with Crippen LogP contribution in [0.15, 0.2) is 12.5 Å². The lowest BCUT2D eigenvalue weighted by molar-refractivity contribution is 0.327. The minimum atomic E-state index is 0.361. The van der Waals surface area contributed by atoms with Gasteiger partial charge in [-0.1, -0.05) is 20.8 Å². The summed E-state index contributed by atoms with van der Waals surface area (Å²) >= 11 is 0. The molecule has 0 unspecified atom stereocenters. The molecule has 0 fully saturated rings. The van der Waals surface area contributed by atoms with Crippen molar-refractivity contribution in [1.82, 2.24) is 14.9 Å². The van der Waals surface area contributed by atoms with Crippen molar-refractivity contribution in [3.8, 4) is 0 Å². The van der Waals surface area contributed by atoms with E-state index in [1.54, 1.807) is 0 Å². The summed E-state index contributed by atoms with van der Waals surface area (Å²) in [5.74, 6) is 0. The number of hydrogen-bond donors (Lipinski definition) is 2. The standard InChI is InChI=1S/C12H24N4/c1-4-12(2,3)9-14-7-11-8-16(6-5-13)10-15-11/h8,10,14H,4-7,9,13H2,1-3H3. The summed E-state index contributed by atoms with van der Waals surface area (Å²) < 4.78 is 2.03. The van der Waals surface area contributed by atoms with E-state index in [9.17, 15) is 0 Å². The number of nitrogens with two attached hydrogens (primary N) is 1. The molecule has 0 bridgehead atoms. The zero-order chi connectivity index (χ0) is 12.0. The molecule has 0 spiro atoms. The number of nitrogens with zero attached hydrogens (tertiary/aromatic N) is 2. The first-order valence-electron chi connectivity index (χ1n) is 5.99. The van der Waals surface area contributed by atoms with E-state index in [1.165, 1.54) is 6.42 Å². The van der Waals surface area contributed by atoms with Gasteiger partial charge in [-0.3, -0.25) is 0 Å². The lowest BCUT2D eigenvalue weighted by Crippen LogP contribution is -2.28. The molecule has 1 rings (SSSR count). The maximum Gasteiger partial charge on any atom is 0.0950 e. The minimum Gasteiger partial charge on any atom is -0.336 e. The van der Waals surface area contributed by atoms with Crippen LogP contribution in [0, 0.1) is 5.41 Å². The average molecular weight is 224 g/mol. The van der Waals surface area contributed by atoms with E-state index in [-0.39, 0.29) is 0 Å². The van der Waals surface area contributed by atoms with Crippen LogP contribution in [-0.4, -0.2) is 22.6 Å². The van der Waals surface area contributed by atoms with Crippen molar-refractivity contribution < 1.29 is 0 Å². The fourth-order valence-corrected chi connectivity index (χ4v) is 1.42. The van der Waals surface area contributed by atoms with Gasteiger partial charge in [0.05, 0.1) is 12.0 Å². The van der Waals surface area contributed by atoms with Crippen molar-refractivity contribution in [3.63, 3.8) is 0 Å². The Kier molecular flexibility index (Phi) is 4.96. The summed E-state index contributed by atoms with van der Waals surface area (Å²) in [6.07, 6.45) is 5.08. The van der Waals surface area contributed by atoms with Crippen molar-refractivity contribution in [2.24, 2.45) is 11.1 Å². The van der Waals surface area contributed by atoms with E-state index < -0.39 is 0 Å². The third-order valence-electron chi connectivity index (χ3n) is 2.94. The highest BCUT2D eigenvalue weighted by Gasteiger charge is 2.13. The zero-order valence-electron chi connectivity index (χ0n) is 10.7. The number of rotatable bonds is 7. The predicted octanol–water partition coefficient (Wildman–Crippen LogP) is 1.37. The van der Waals surface area contributed by atoms with Crippen molar-refractivity contribution in [2.75, 3.05) is 13.1 Å².